The quantitative estimate of drug-likeness (QED) is 0.874. The zero-order valence-electron chi connectivity index (χ0n) is 11.8. The summed E-state index contributed by atoms with van der Waals surface area (Å²) in [7, 11) is 0. The number of carbonyl (C=O) groups excluding carboxylic acids is 1. The van der Waals surface area contributed by atoms with Gasteiger partial charge in [0.25, 0.3) is 0 Å². The highest BCUT2D eigenvalue weighted by Crippen LogP contribution is 2.05. The summed E-state index contributed by atoms with van der Waals surface area (Å²) in [5.74, 6) is -0.281. The minimum atomic E-state index is -0.281. The van der Waals surface area contributed by atoms with Crippen LogP contribution in [-0.4, -0.2) is 60.3 Å². The molecule has 0 bridgehead atoms. The average molecular weight is 293 g/mol. The van der Waals surface area contributed by atoms with Crippen LogP contribution in [0.4, 0.5) is 9.18 Å². The van der Waals surface area contributed by atoms with Crippen LogP contribution in [0.25, 0.3) is 6.08 Å². The fraction of sp³-hybridized carbons (Fsp3) is 0.400. The molecule has 0 radical (unpaired) electrons. The number of benzene rings is 1. The van der Waals surface area contributed by atoms with Crippen molar-refractivity contribution in [2.24, 2.45) is 0 Å². The van der Waals surface area contributed by atoms with Gasteiger partial charge in [-0.1, -0.05) is 12.1 Å². The predicted octanol–water partition coefficient (Wildman–Crippen LogP) is 1.12. The Bertz CT molecular complexity index is 482. The highest BCUT2D eigenvalue weighted by molar-refractivity contribution is 5.76. The van der Waals surface area contributed by atoms with E-state index in [0.717, 1.165) is 18.7 Å². The molecular formula is C15H20FN3O2. The first kappa shape index (κ1) is 15.5. The van der Waals surface area contributed by atoms with Gasteiger partial charge in [-0.05, 0) is 23.8 Å². The number of amides is 2. The standard InChI is InChI=1S/C15H20FN3O2/c16-14-3-1-13(2-4-14)5-6-17-15(21)19-9-7-18(8-10-19)11-12-20/h1-6,20H,7-12H2,(H,17,21)/b6-5+. The lowest BCUT2D eigenvalue weighted by atomic mass is 10.2. The van der Waals surface area contributed by atoms with Gasteiger partial charge in [-0.25, -0.2) is 9.18 Å². The smallest absolute Gasteiger partial charge is 0.321 e. The van der Waals surface area contributed by atoms with Gasteiger partial charge in [0.1, 0.15) is 5.82 Å². The predicted molar refractivity (Wildman–Crippen MR) is 79.1 cm³/mol. The van der Waals surface area contributed by atoms with Crippen LogP contribution in [0.5, 0.6) is 0 Å². The van der Waals surface area contributed by atoms with Gasteiger partial charge in [0.05, 0.1) is 6.61 Å². The number of nitrogens with zero attached hydrogens (tertiary/aromatic N) is 2. The number of piperazine rings is 1. The molecule has 0 saturated carbocycles. The first-order chi connectivity index (χ1) is 10.2. The molecule has 1 fully saturated rings. The maximum atomic E-state index is 12.7. The fourth-order valence-electron chi connectivity index (χ4n) is 2.19. The summed E-state index contributed by atoms with van der Waals surface area (Å²) in [6.07, 6.45) is 3.29. The molecule has 0 spiro atoms. The largest absolute Gasteiger partial charge is 0.395 e. The van der Waals surface area contributed by atoms with Crippen LogP contribution in [-0.2, 0) is 0 Å². The fourth-order valence-corrected chi connectivity index (χ4v) is 2.19. The van der Waals surface area contributed by atoms with Gasteiger partial charge in [0.15, 0.2) is 0 Å². The van der Waals surface area contributed by atoms with Crippen LogP contribution in [0.3, 0.4) is 0 Å². The number of carbonyl (C=O) groups is 1. The molecule has 1 aromatic carbocycles. The van der Waals surface area contributed by atoms with Gasteiger partial charge in [-0.2, -0.15) is 0 Å². The van der Waals surface area contributed by atoms with E-state index in [1.165, 1.54) is 12.1 Å². The van der Waals surface area contributed by atoms with Crippen molar-refractivity contribution in [1.29, 1.82) is 0 Å². The minimum absolute atomic E-state index is 0.142. The molecule has 0 aliphatic carbocycles. The van der Waals surface area contributed by atoms with Crippen LogP contribution in [0.2, 0.25) is 0 Å². The Labute approximate surface area is 123 Å². The molecule has 21 heavy (non-hydrogen) atoms. The van der Waals surface area contributed by atoms with Crippen molar-refractivity contribution in [3.63, 3.8) is 0 Å². The number of aliphatic hydroxyl groups is 1. The zero-order chi connectivity index (χ0) is 15.1. The Morgan fingerprint density at radius 1 is 1.24 bits per heavy atom. The summed E-state index contributed by atoms with van der Waals surface area (Å²) in [6, 6.07) is 5.90. The van der Waals surface area contributed by atoms with Crippen molar-refractivity contribution in [3.8, 4) is 0 Å². The SMILES string of the molecule is O=C(N/C=C/c1ccc(F)cc1)N1CCN(CCO)CC1. The Morgan fingerprint density at radius 3 is 2.52 bits per heavy atom. The molecule has 6 heteroatoms. The lowest BCUT2D eigenvalue weighted by Crippen LogP contribution is -2.51. The van der Waals surface area contributed by atoms with Gasteiger partial charge < -0.3 is 15.3 Å². The molecule has 1 saturated heterocycles. The molecule has 5 nitrogen and oxygen atoms in total. The number of aliphatic hydroxyl groups excluding tert-OH is 1. The molecule has 0 atom stereocenters. The van der Waals surface area contributed by atoms with Crippen molar-refractivity contribution in [3.05, 3.63) is 41.8 Å². The second-order valence-electron chi connectivity index (χ2n) is 4.89. The number of urea groups is 1. The summed E-state index contributed by atoms with van der Waals surface area (Å²) in [6.45, 7) is 3.64. The van der Waals surface area contributed by atoms with Gasteiger partial charge in [-0.3, -0.25) is 4.90 Å². The summed E-state index contributed by atoms with van der Waals surface area (Å²) in [5.41, 5.74) is 0.824. The van der Waals surface area contributed by atoms with Crippen LogP contribution in [0.15, 0.2) is 30.5 Å². The molecule has 1 heterocycles. The highest BCUT2D eigenvalue weighted by atomic mass is 19.1. The van der Waals surface area contributed by atoms with Gasteiger partial charge in [0.2, 0.25) is 0 Å². The van der Waals surface area contributed by atoms with E-state index in [2.05, 4.69) is 10.2 Å². The van der Waals surface area contributed by atoms with Gasteiger partial charge in [-0.15, -0.1) is 0 Å². The Morgan fingerprint density at radius 2 is 1.90 bits per heavy atom. The van der Waals surface area contributed by atoms with Crippen molar-refractivity contribution < 1.29 is 14.3 Å². The van der Waals surface area contributed by atoms with Crippen LogP contribution in [0, 0.1) is 5.82 Å². The van der Waals surface area contributed by atoms with E-state index in [0.29, 0.717) is 19.6 Å². The summed E-state index contributed by atoms with van der Waals surface area (Å²) in [5, 5.41) is 11.6. The molecule has 2 rings (SSSR count). The highest BCUT2D eigenvalue weighted by Gasteiger charge is 2.19. The third kappa shape index (κ3) is 4.84. The number of β-amino-alcohol motifs (C(OH)–C–C–N with tert-alkyl or cyclic N) is 1. The molecule has 1 aliphatic rings. The summed E-state index contributed by atoms with van der Waals surface area (Å²) < 4.78 is 12.7. The topological polar surface area (TPSA) is 55.8 Å². The summed E-state index contributed by atoms with van der Waals surface area (Å²) in [4.78, 5) is 15.8. The van der Waals surface area contributed by atoms with E-state index in [-0.39, 0.29) is 18.5 Å². The van der Waals surface area contributed by atoms with Crippen molar-refractivity contribution >= 4 is 12.1 Å². The van der Waals surface area contributed by atoms with Crippen molar-refractivity contribution in [2.45, 2.75) is 0 Å². The zero-order valence-corrected chi connectivity index (χ0v) is 11.8. The monoisotopic (exact) mass is 293 g/mol. The normalized spacial score (nSPS) is 16.4. The van der Waals surface area contributed by atoms with Crippen LogP contribution < -0.4 is 5.32 Å². The minimum Gasteiger partial charge on any atom is -0.395 e. The molecular weight excluding hydrogens is 273 g/mol. The first-order valence-corrected chi connectivity index (χ1v) is 7.00. The van der Waals surface area contributed by atoms with Crippen molar-refractivity contribution in [1.82, 2.24) is 15.1 Å². The third-order valence-electron chi connectivity index (χ3n) is 3.43. The first-order valence-electron chi connectivity index (χ1n) is 7.00. The lowest BCUT2D eigenvalue weighted by Gasteiger charge is -2.33. The second kappa shape index (κ2) is 7.75. The van der Waals surface area contributed by atoms with Gasteiger partial charge >= 0.3 is 6.03 Å². The molecule has 2 N–H and O–H groups in total. The molecule has 0 aromatic heterocycles. The summed E-state index contributed by atoms with van der Waals surface area (Å²) >= 11 is 0. The number of hydrogen-bond donors (Lipinski definition) is 2. The lowest BCUT2D eigenvalue weighted by molar-refractivity contribution is 0.123. The molecule has 0 unspecified atom stereocenters. The van der Waals surface area contributed by atoms with E-state index in [1.54, 1.807) is 29.3 Å². The second-order valence-corrected chi connectivity index (χ2v) is 4.89. The Hall–Kier alpha value is -1.92. The molecule has 2 amide bonds. The van der Waals surface area contributed by atoms with Crippen molar-refractivity contribution in [2.75, 3.05) is 39.3 Å². The maximum absolute atomic E-state index is 12.7. The van der Waals surface area contributed by atoms with E-state index in [4.69, 9.17) is 5.11 Å². The number of halogens is 1. The number of rotatable bonds is 4. The average Bonchev–Trinajstić information content (AvgIpc) is 2.50. The number of nitrogens with one attached hydrogen (secondary N) is 1. The van der Waals surface area contributed by atoms with Crippen LogP contribution in [0.1, 0.15) is 5.56 Å². The van der Waals surface area contributed by atoms with Gasteiger partial charge in [0, 0.05) is 38.9 Å². The Balaban J connectivity index is 1.76. The Kier molecular flexibility index (Phi) is 5.71. The van der Waals surface area contributed by atoms with Crippen LogP contribution >= 0.6 is 0 Å². The maximum Gasteiger partial charge on any atom is 0.321 e. The van der Waals surface area contributed by atoms with E-state index >= 15 is 0 Å². The van der Waals surface area contributed by atoms with E-state index < -0.39 is 0 Å². The molecule has 114 valence electrons. The molecule has 1 aromatic rings. The number of hydrogen-bond acceptors (Lipinski definition) is 3. The molecule has 1 aliphatic heterocycles. The van der Waals surface area contributed by atoms with E-state index in [9.17, 15) is 9.18 Å². The third-order valence-corrected chi connectivity index (χ3v) is 3.43. The van der Waals surface area contributed by atoms with E-state index in [1.807, 2.05) is 0 Å².